The van der Waals surface area contributed by atoms with E-state index in [0.717, 1.165) is 5.56 Å². The lowest BCUT2D eigenvalue weighted by Crippen LogP contribution is -2.33. The second kappa shape index (κ2) is 8.30. The smallest absolute Gasteiger partial charge is 0.243 e. The molecule has 0 aliphatic rings. The summed E-state index contributed by atoms with van der Waals surface area (Å²) in [7, 11) is 2.11. The topological polar surface area (TPSA) is 40.6 Å². The Morgan fingerprint density at radius 3 is 2.00 bits per heavy atom. The monoisotopic (exact) mass is 286 g/mol. The summed E-state index contributed by atoms with van der Waals surface area (Å²) in [5.74, 6) is 0. The molecular formula is C14H26N2O2S. The van der Waals surface area contributed by atoms with Crippen molar-refractivity contribution in [3.8, 4) is 0 Å². The fourth-order valence-corrected chi connectivity index (χ4v) is 2.86. The largest absolute Gasteiger partial charge is 0.308 e. The van der Waals surface area contributed by atoms with Crippen molar-refractivity contribution in [2.45, 2.75) is 25.7 Å². The van der Waals surface area contributed by atoms with Gasteiger partial charge in [-0.05, 0) is 32.6 Å². The Morgan fingerprint density at radius 1 is 1.00 bits per heavy atom. The maximum atomic E-state index is 12.3. The SMILES string of the molecule is CC.Cc1ccccc1S(=O)(=O)N(C)CCN(C)C. The van der Waals surface area contributed by atoms with Crippen LogP contribution in [0.3, 0.4) is 0 Å². The van der Waals surface area contributed by atoms with E-state index in [1.54, 1.807) is 19.2 Å². The van der Waals surface area contributed by atoms with Gasteiger partial charge in [-0.3, -0.25) is 0 Å². The summed E-state index contributed by atoms with van der Waals surface area (Å²) in [6.07, 6.45) is 0. The maximum absolute atomic E-state index is 12.3. The van der Waals surface area contributed by atoms with Gasteiger partial charge in [-0.15, -0.1) is 0 Å². The first kappa shape index (κ1) is 18.1. The Balaban J connectivity index is 0.00000154. The van der Waals surface area contributed by atoms with E-state index in [1.165, 1.54) is 4.31 Å². The van der Waals surface area contributed by atoms with Crippen molar-refractivity contribution in [2.75, 3.05) is 34.2 Å². The van der Waals surface area contributed by atoms with Crippen LogP contribution in [0.4, 0.5) is 0 Å². The van der Waals surface area contributed by atoms with Gasteiger partial charge < -0.3 is 4.90 Å². The minimum Gasteiger partial charge on any atom is -0.308 e. The van der Waals surface area contributed by atoms with Gasteiger partial charge in [-0.1, -0.05) is 32.0 Å². The molecule has 0 N–H and O–H groups in total. The maximum Gasteiger partial charge on any atom is 0.243 e. The zero-order valence-corrected chi connectivity index (χ0v) is 13.7. The van der Waals surface area contributed by atoms with Gasteiger partial charge in [0.25, 0.3) is 0 Å². The summed E-state index contributed by atoms with van der Waals surface area (Å²) in [6.45, 7) is 7.01. The van der Waals surface area contributed by atoms with E-state index in [0.29, 0.717) is 18.0 Å². The Hall–Kier alpha value is -0.910. The van der Waals surface area contributed by atoms with Crippen LogP contribution in [0.15, 0.2) is 29.2 Å². The number of sulfonamides is 1. The minimum absolute atomic E-state index is 0.390. The molecule has 19 heavy (non-hydrogen) atoms. The zero-order valence-electron chi connectivity index (χ0n) is 12.8. The summed E-state index contributed by atoms with van der Waals surface area (Å²) < 4.78 is 25.9. The molecule has 0 amide bonds. The van der Waals surface area contributed by atoms with Crippen LogP contribution >= 0.6 is 0 Å². The third-order valence-corrected chi connectivity index (χ3v) is 4.66. The summed E-state index contributed by atoms with van der Waals surface area (Å²) in [5, 5.41) is 0. The summed E-state index contributed by atoms with van der Waals surface area (Å²) in [5.41, 5.74) is 0.782. The van der Waals surface area contributed by atoms with Gasteiger partial charge >= 0.3 is 0 Å². The normalized spacial score (nSPS) is 11.4. The summed E-state index contributed by atoms with van der Waals surface area (Å²) in [4.78, 5) is 2.35. The van der Waals surface area contributed by atoms with Crippen molar-refractivity contribution in [3.63, 3.8) is 0 Å². The molecular weight excluding hydrogens is 260 g/mol. The molecule has 0 aliphatic heterocycles. The molecule has 0 saturated carbocycles. The van der Waals surface area contributed by atoms with Crippen LogP contribution in [-0.4, -0.2) is 51.9 Å². The molecule has 0 bridgehead atoms. The summed E-state index contributed by atoms with van der Waals surface area (Å²) >= 11 is 0. The third-order valence-electron chi connectivity index (χ3n) is 2.64. The fraction of sp³-hybridized carbons (Fsp3) is 0.571. The molecule has 0 unspecified atom stereocenters. The number of benzene rings is 1. The molecule has 0 atom stereocenters. The highest BCUT2D eigenvalue weighted by molar-refractivity contribution is 7.89. The van der Waals surface area contributed by atoms with Crippen molar-refractivity contribution >= 4 is 10.0 Å². The van der Waals surface area contributed by atoms with Crippen LogP contribution < -0.4 is 0 Å². The molecule has 0 radical (unpaired) electrons. The average Bonchev–Trinajstić information content (AvgIpc) is 2.38. The average molecular weight is 286 g/mol. The number of hydrogen-bond acceptors (Lipinski definition) is 3. The molecule has 5 heteroatoms. The minimum atomic E-state index is -3.36. The molecule has 0 aromatic heterocycles. The first-order valence-electron chi connectivity index (χ1n) is 6.52. The van der Waals surface area contributed by atoms with Crippen LogP contribution in [0.1, 0.15) is 19.4 Å². The molecule has 0 fully saturated rings. The number of nitrogens with zero attached hydrogens (tertiary/aromatic N) is 2. The van der Waals surface area contributed by atoms with Gasteiger partial charge in [0.05, 0.1) is 4.90 Å². The van der Waals surface area contributed by atoms with E-state index in [1.807, 2.05) is 51.9 Å². The first-order chi connectivity index (χ1) is 8.85. The van der Waals surface area contributed by atoms with Crippen molar-refractivity contribution in [2.24, 2.45) is 0 Å². The van der Waals surface area contributed by atoms with E-state index in [4.69, 9.17) is 0 Å². The van der Waals surface area contributed by atoms with E-state index in [-0.39, 0.29) is 0 Å². The van der Waals surface area contributed by atoms with E-state index in [9.17, 15) is 8.42 Å². The molecule has 1 aromatic rings. The van der Waals surface area contributed by atoms with Crippen LogP contribution in [-0.2, 0) is 10.0 Å². The molecule has 0 saturated heterocycles. The predicted molar refractivity (Wildman–Crippen MR) is 80.9 cm³/mol. The Labute approximate surface area is 118 Å². The van der Waals surface area contributed by atoms with Crippen molar-refractivity contribution in [3.05, 3.63) is 29.8 Å². The second-order valence-corrected chi connectivity index (χ2v) is 6.41. The molecule has 0 aliphatic carbocycles. The second-order valence-electron chi connectivity index (χ2n) is 4.40. The number of rotatable bonds is 5. The highest BCUT2D eigenvalue weighted by Crippen LogP contribution is 2.17. The number of likely N-dealkylation sites (N-methyl/N-ethyl adjacent to an activating group) is 2. The van der Waals surface area contributed by atoms with Gasteiger partial charge in [0.1, 0.15) is 0 Å². The molecule has 1 aromatic carbocycles. The highest BCUT2D eigenvalue weighted by Gasteiger charge is 2.21. The molecule has 110 valence electrons. The van der Waals surface area contributed by atoms with Crippen LogP contribution in [0.25, 0.3) is 0 Å². The predicted octanol–water partition coefficient (Wildman–Crippen LogP) is 2.20. The number of aryl methyl sites for hydroxylation is 1. The lowest BCUT2D eigenvalue weighted by Gasteiger charge is -2.20. The summed E-state index contributed by atoms with van der Waals surface area (Å²) in [6, 6.07) is 7.05. The fourth-order valence-electron chi connectivity index (χ4n) is 1.47. The highest BCUT2D eigenvalue weighted by atomic mass is 32.2. The Kier molecular flexibility index (Phi) is 7.90. The van der Waals surface area contributed by atoms with Crippen LogP contribution in [0.5, 0.6) is 0 Å². The van der Waals surface area contributed by atoms with Gasteiger partial charge in [0.15, 0.2) is 0 Å². The van der Waals surface area contributed by atoms with Gasteiger partial charge in [-0.2, -0.15) is 4.31 Å². The van der Waals surface area contributed by atoms with Crippen molar-refractivity contribution < 1.29 is 8.42 Å². The van der Waals surface area contributed by atoms with E-state index >= 15 is 0 Å². The van der Waals surface area contributed by atoms with Gasteiger partial charge in [-0.25, -0.2) is 8.42 Å². The van der Waals surface area contributed by atoms with Crippen molar-refractivity contribution in [1.82, 2.24) is 9.21 Å². The standard InChI is InChI=1S/C12H20N2O2S.C2H6/c1-11-7-5-6-8-12(11)17(15,16)14(4)10-9-13(2)3;1-2/h5-8H,9-10H2,1-4H3;1-2H3. The Bertz CT molecular complexity index is 470. The van der Waals surface area contributed by atoms with Gasteiger partial charge in [0.2, 0.25) is 10.0 Å². The van der Waals surface area contributed by atoms with Gasteiger partial charge in [0, 0.05) is 20.1 Å². The quantitative estimate of drug-likeness (QED) is 0.833. The Morgan fingerprint density at radius 2 is 1.53 bits per heavy atom. The first-order valence-corrected chi connectivity index (χ1v) is 7.96. The van der Waals surface area contributed by atoms with Crippen molar-refractivity contribution in [1.29, 1.82) is 0 Å². The van der Waals surface area contributed by atoms with Crippen LogP contribution in [0, 0.1) is 6.92 Å². The van der Waals surface area contributed by atoms with Crippen LogP contribution in [0.2, 0.25) is 0 Å². The zero-order chi connectivity index (χ0) is 15.1. The molecule has 1 rings (SSSR count). The third kappa shape index (κ3) is 5.30. The van der Waals surface area contributed by atoms with E-state index < -0.39 is 10.0 Å². The van der Waals surface area contributed by atoms with E-state index in [2.05, 4.69) is 0 Å². The number of hydrogen-bond donors (Lipinski definition) is 0. The molecule has 0 heterocycles. The lowest BCUT2D eigenvalue weighted by atomic mass is 10.2. The molecule has 0 spiro atoms. The lowest BCUT2D eigenvalue weighted by molar-refractivity contribution is 0.358. The molecule has 4 nitrogen and oxygen atoms in total.